The number of nitrogens with one attached hydrogen (secondary N) is 1. The number of carbonyl (C=O) groups is 2. The van der Waals surface area contributed by atoms with Crippen LogP contribution in [0.1, 0.15) is 6.42 Å². The molecule has 2 aromatic rings. The third kappa shape index (κ3) is 5.16. The molecule has 1 heterocycles. The molecule has 1 aliphatic heterocycles. The van der Waals surface area contributed by atoms with E-state index in [2.05, 4.69) is 16.9 Å². The molecule has 28 heavy (non-hydrogen) atoms. The molecule has 0 radical (unpaired) electrons. The van der Waals surface area contributed by atoms with E-state index < -0.39 is 5.25 Å². The van der Waals surface area contributed by atoms with Crippen LogP contribution in [0.2, 0.25) is 10.0 Å². The number of nitrogens with zero attached hydrogens (tertiary/aromatic N) is 2. The Morgan fingerprint density at radius 1 is 1.25 bits per heavy atom. The number of anilines is 1. The summed E-state index contributed by atoms with van der Waals surface area (Å²) in [5, 5.41) is 3.78. The number of hydrogen-bond donors (Lipinski definition) is 1. The van der Waals surface area contributed by atoms with Crippen LogP contribution in [0.25, 0.3) is 0 Å². The standard InChI is InChI=1S/C20H17Cl2N3O2S/c1-2-10-25-18(26)12-17(19(27)23-15-8-6-13(21)7-9-15)28-20(25)24-16-5-3-4-14(22)11-16/h2-9,11,17H,1,10,12H2,(H,23,27)/t17-/m0/s1. The molecule has 5 nitrogen and oxygen atoms in total. The molecule has 1 atom stereocenters. The lowest BCUT2D eigenvalue weighted by molar-refractivity contribution is -0.129. The minimum atomic E-state index is -0.595. The first-order valence-electron chi connectivity index (χ1n) is 8.45. The quantitative estimate of drug-likeness (QED) is 0.663. The van der Waals surface area contributed by atoms with E-state index in [1.807, 2.05) is 0 Å². The summed E-state index contributed by atoms with van der Waals surface area (Å²) in [6.07, 6.45) is 1.70. The van der Waals surface area contributed by atoms with E-state index in [0.29, 0.717) is 33.1 Å². The van der Waals surface area contributed by atoms with E-state index in [-0.39, 0.29) is 18.2 Å². The van der Waals surface area contributed by atoms with Crippen molar-refractivity contribution in [1.29, 1.82) is 0 Å². The van der Waals surface area contributed by atoms with Gasteiger partial charge in [0.2, 0.25) is 11.8 Å². The molecule has 0 aliphatic carbocycles. The zero-order valence-corrected chi connectivity index (χ0v) is 17.1. The van der Waals surface area contributed by atoms with Gasteiger partial charge in [-0.05, 0) is 42.5 Å². The number of amidine groups is 1. The number of benzene rings is 2. The highest BCUT2D eigenvalue weighted by molar-refractivity contribution is 8.15. The van der Waals surface area contributed by atoms with Crippen LogP contribution in [-0.2, 0) is 9.59 Å². The Kier molecular flexibility index (Phi) is 6.78. The fourth-order valence-electron chi connectivity index (χ4n) is 2.56. The summed E-state index contributed by atoms with van der Waals surface area (Å²) >= 11 is 13.1. The first kappa shape index (κ1) is 20.5. The number of hydrogen-bond acceptors (Lipinski definition) is 4. The van der Waals surface area contributed by atoms with Gasteiger partial charge >= 0.3 is 0 Å². The number of amides is 2. The van der Waals surface area contributed by atoms with Crippen LogP contribution in [0.4, 0.5) is 11.4 Å². The molecule has 144 valence electrons. The highest BCUT2D eigenvalue weighted by atomic mass is 35.5. The van der Waals surface area contributed by atoms with E-state index in [9.17, 15) is 9.59 Å². The van der Waals surface area contributed by atoms with E-state index in [4.69, 9.17) is 23.2 Å². The molecule has 8 heteroatoms. The molecule has 1 aliphatic rings. The second-order valence-electron chi connectivity index (χ2n) is 5.97. The summed E-state index contributed by atoms with van der Waals surface area (Å²) in [4.78, 5) is 31.4. The van der Waals surface area contributed by atoms with Crippen LogP contribution in [0.5, 0.6) is 0 Å². The molecule has 0 unspecified atom stereocenters. The number of rotatable bonds is 5. The van der Waals surface area contributed by atoms with E-state index in [1.165, 1.54) is 16.7 Å². The maximum absolute atomic E-state index is 12.7. The first-order valence-corrected chi connectivity index (χ1v) is 10.1. The molecule has 0 spiro atoms. The third-order valence-corrected chi connectivity index (χ3v) is 5.56. The van der Waals surface area contributed by atoms with Crippen LogP contribution < -0.4 is 5.32 Å². The highest BCUT2D eigenvalue weighted by Gasteiger charge is 2.35. The lowest BCUT2D eigenvalue weighted by atomic mass is 10.2. The van der Waals surface area contributed by atoms with Gasteiger partial charge in [0.05, 0.1) is 5.69 Å². The van der Waals surface area contributed by atoms with Gasteiger partial charge in [0.15, 0.2) is 5.17 Å². The Morgan fingerprint density at radius 3 is 2.68 bits per heavy atom. The van der Waals surface area contributed by atoms with Crippen molar-refractivity contribution in [2.45, 2.75) is 11.7 Å². The van der Waals surface area contributed by atoms with Crippen molar-refractivity contribution in [1.82, 2.24) is 4.90 Å². The fraction of sp³-hybridized carbons (Fsp3) is 0.150. The Balaban J connectivity index is 1.82. The lowest BCUT2D eigenvalue weighted by Gasteiger charge is -2.31. The Bertz CT molecular complexity index is 931. The lowest BCUT2D eigenvalue weighted by Crippen LogP contribution is -2.45. The van der Waals surface area contributed by atoms with Gasteiger partial charge in [-0.15, -0.1) is 6.58 Å². The maximum Gasteiger partial charge on any atom is 0.238 e. The first-order chi connectivity index (χ1) is 13.5. The number of aliphatic imine (C=N–C) groups is 1. The van der Waals surface area contributed by atoms with Crippen LogP contribution in [0.15, 0.2) is 66.2 Å². The molecule has 0 bridgehead atoms. The van der Waals surface area contributed by atoms with Crippen molar-refractivity contribution in [2.75, 3.05) is 11.9 Å². The molecule has 0 saturated carbocycles. The minimum Gasteiger partial charge on any atom is -0.325 e. The smallest absolute Gasteiger partial charge is 0.238 e. The van der Waals surface area contributed by atoms with Gasteiger partial charge in [-0.1, -0.05) is 47.1 Å². The van der Waals surface area contributed by atoms with E-state index in [1.54, 1.807) is 54.6 Å². The fourth-order valence-corrected chi connectivity index (χ4v) is 3.98. The number of carbonyl (C=O) groups excluding carboxylic acids is 2. The minimum absolute atomic E-state index is 0.0759. The molecule has 3 rings (SSSR count). The number of thioether (sulfide) groups is 1. The van der Waals surface area contributed by atoms with Crippen LogP contribution >= 0.6 is 35.0 Å². The van der Waals surface area contributed by atoms with Gasteiger partial charge in [0, 0.05) is 28.7 Å². The van der Waals surface area contributed by atoms with Gasteiger partial charge in [-0.3, -0.25) is 14.5 Å². The molecule has 2 aromatic carbocycles. The van der Waals surface area contributed by atoms with E-state index in [0.717, 1.165) is 0 Å². The SMILES string of the molecule is C=CCN1C(=O)C[C@@H](C(=O)Nc2ccc(Cl)cc2)SC1=Nc1cccc(Cl)c1. The average Bonchev–Trinajstić information content (AvgIpc) is 2.66. The van der Waals surface area contributed by atoms with E-state index >= 15 is 0 Å². The van der Waals surface area contributed by atoms with Crippen LogP contribution in [0, 0.1) is 0 Å². The number of halogens is 2. The zero-order valence-electron chi connectivity index (χ0n) is 14.8. The monoisotopic (exact) mass is 433 g/mol. The van der Waals surface area contributed by atoms with Crippen molar-refractivity contribution >= 4 is 63.3 Å². The third-order valence-electron chi connectivity index (χ3n) is 3.89. The predicted molar refractivity (Wildman–Crippen MR) is 117 cm³/mol. The summed E-state index contributed by atoms with van der Waals surface area (Å²) in [5.41, 5.74) is 1.22. The highest BCUT2D eigenvalue weighted by Crippen LogP contribution is 2.30. The van der Waals surface area contributed by atoms with Gasteiger partial charge in [0.25, 0.3) is 0 Å². The summed E-state index contributed by atoms with van der Waals surface area (Å²) in [5.74, 6) is -0.451. The summed E-state index contributed by atoms with van der Waals surface area (Å²) in [7, 11) is 0. The van der Waals surface area contributed by atoms with Crippen LogP contribution in [0.3, 0.4) is 0 Å². The topological polar surface area (TPSA) is 61.8 Å². The molecule has 1 fully saturated rings. The molecule has 0 aromatic heterocycles. The molecule has 1 saturated heterocycles. The molecular weight excluding hydrogens is 417 g/mol. The average molecular weight is 434 g/mol. The Morgan fingerprint density at radius 2 is 2.00 bits per heavy atom. The van der Waals surface area contributed by atoms with Crippen molar-refractivity contribution in [3.63, 3.8) is 0 Å². The molecular formula is C20H17Cl2N3O2S. The largest absolute Gasteiger partial charge is 0.325 e. The summed E-state index contributed by atoms with van der Waals surface area (Å²) in [6, 6.07) is 13.8. The van der Waals surface area contributed by atoms with Gasteiger partial charge in [0.1, 0.15) is 5.25 Å². The van der Waals surface area contributed by atoms with Crippen molar-refractivity contribution in [3.8, 4) is 0 Å². The molecule has 2 amide bonds. The van der Waals surface area contributed by atoms with Gasteiger partial charge in [-0.2, -0.15) is 0 Å². The van der Waals surface area contributed by atoms with Crippen molar-refractivity contribution in [2.24, 2.45) is 4.99 Å². The second kappa shape index (κ2) is 9.28. The van der Waals surface area contributed by atoms with Gasteiger partial charge < -0.3 is 5.32 Å². The van der Waals surface area contributed by atoms with Crippen LogP contribution in [-0.4, -0.2) is 33.7 Å². The van der Waals surface area contributed by atoms with Crippen molar-refractivity contribution in [3.05, 3.63) is 71.2 Å². The van der Waals surface area contributed by atoms with Crippen molar-refractivity contribution < 1.29 is 9.59 Å². The maximum atomic E-state index is 12.7. The Hall–Kier alpha value is -2.28. The van der Waals surface area contributed by atoms with Gasteiger partial charge in [-0.25, -0.2) is 4.99 Å². The second-order valence-corrected chi connectivity index (χ2v) is 8.02. The summed E-state index contributed by atoms with van der Waals surface area (Å²) in [6.45, 7) is 4.01. The molecule has 1 N–H and O–H groups in total. The predicted octanol–water partition coefficient (Wildman–Crippen LogP) is 5.14. The summed E-state index contributed by atoms with van der Waals surface area (Å²) < 4.78 is 0. The zero-order chi connectivity index (χ0) is 20.1. The Labute approximate surface area is 177 Å². The normalized spacial score (nSPS) is 18.2.